The van der Waals surface area contributed by atoms with Gasteiger partial charge in [-0.2, -0.15) is 0 Å². The van der Waals surface area contributed by atoms with Gasteiger partial charge in [-0.05, 0) is 24.1 Å². The first-order valence-corrected chi connectivity index (χ1v) is 6.26. The molecule has 0 amide bonds. The molecule has 0 atom stereocenters. The van der Waals surface area contributed by atoms with Gasteiger partial charge in [0.05, 0.1) is 13.2 Å². The van der Waals surface area contributed by atoms with E-state index in [1.165, 1.54) is 11.1 Å². The summed E-state index contributed by atoms with van der Waals surface area (Å²) < 4.78 is 5.32. The summed E-state index contributed by atoms with van der Waals surface area (Å²) in [5, 5.41) is 3.47. The number of nitrogens with zero attached hydrogens (tertiary/aromatic N) is 2. The van der Waals surface area contributed by atoms with Crippen molar-refractivity contribution in [3.63, 3.8) is 0 Å². The minimum Gasteiger partial charge on any atom is -0.379 e. The van der Waals surface area contributed by atoms with Crippen molar-refractivity contribution in [1.82, 2.24) is 15.2 Å². The molecule has 0 unspecified atom stereocenters. The van der Waals surface area contributed by atoms with E-state index in [1.54, 1.807) is 0 Å². The predicted octanol–water partition coefficient (Wildman–Crippen LogP) is 0.812. The lowest BCUT2D eigenvalue weighted by atomic mass is 10.1. The minimum absolute atomic E-state index is 0.877. The fourth-order valence-corrected chi connectivity index (χ4v) is 1.97. The number of hydrogen-bond donors (Lipinski definition) is 1. The smallest absolute Gasteiger partial charge is 0.0594 e. The molecule has 0 bridgehead atoms. The fraction of sp³-hybridized carbons (Fsp3) is 0.615. The molecule has 4 heteroatoms. The largest absolute Gasteiger partial charge is 0.379 e. The molecule has 1 aromatic rings. The molecule has 1 saturated heterocycles. The lowest BCUT2D eigenvalue weighted by molar-refractivity contribution is 0.0384. The second-order valence-corrected chi connectivity index (χ2v) is 4.43. The third kappa shape index (κ3) is 4.07. The number of nitrogens with one attached hydrogen (secondary N) is 1. The zero-order valence-corrected chi connectivity index (χ0v) is 10.5. The van der Waals surface area contributed by atoms with Crippen LogP contribution in [0.1, 0.15) is 11.1 Å². The van der Waals surface area contributed by atoms with Gasteiger partial charge in [-0.3, -0.25) is 9.88 Å². The number of aryl methyl sites for hydroxylation is 1. The van der Waals surface area contributed by atoms with Crippen LogP contribution in [-0.2, 0) is 11.3 Å². The highest BCUT2D eigenvalue weighted by Crippen LogP contribution is 2.03. The first-order chi connectivity index (χ1) is 8.36. The fourth-order valence-electron chi connectivity index (χ4n) is 1.97. The number of pyridine rings is 1. The van der Waals surface area contributed by atoms with E-state index >= 15 is 0 Å². The van der Waals surface area contributed by atoms with Crippen molar-refractivity contribution in [1.29, 1.82) is 0 Å². The van der Waals surface area contributed by atoms with E-state index in [-0.39, 0.29) is 0 Å². The third-order valence-electron chi connectivity index (χ3n) is 3.17. The molecule has 1 aliphatic rings. The van der Waals surface area contributed by atoms with Crippen LogP contribution in [0.5, 0.6) is 0 Å². The van der Waals surface area contributed by atoms with Crippen LogP contribution in [0.4, 0.5) is 0 Å². The van der Waals surface area contributed by atoms with Crippen LogP contribution in [-0.4, -0.2) is 49.3 Å². The lowest BCUT2D eigenvalue weighted by Crippen LogP contribution is -2.40. The first kappa shape index (κ1) is 12.5. The minimum atomic E-state index is 0.877. The topological polar surface area (TPSA) is 37.4 Å². The third-order valence-corrected chi connectivity index (χ3v) is 3.17. The van der Waals surface area contributed by atoms with Gasteiger partial charge in [0, 0.05) is 45.1 Å². The van der Waals surface area contributed by atoms with Gasteiger partial charge in [0.2, 0.25) is 0 Å². The predicted molar refractivity (Wildman–Crippen MR) is 67.9 cm³/mol. The standard InChI is InChI=1S/C13H21N3O/c1-12-2-3-14-10-13(12)11-15-4-5-16-6-8-17-9-7-16/h2-3,10,15H,4-9,11H2,1H3. The summed E-state index contributed by atoms with van der Waals surface area (Å²) in [5.41, 5.74) is 2.59. The molecule has 2 heterocycles. The normalized spacial score (nSPS) is 17.2. The zero-order chi connectivity index (χ0) is 11.9. The maximum atomic E-state index is 5.32. The van der Waals surface area contributed by atoms with Crippen LogP contribution in [0.3, 0.4) is 0 Å². The molecule has 0 saturated carbocycles. The Balaban J connectivity index is 1.64. The molecule has 17 heavy (non-hydrogen) atoms. The van der Waals surface area contributed by atoms with Crippen LogP contribution < -0.4 is 5.32 Å². The molecule has 2 rings (SSSR count). The highest BCUT2D eigenvalue weighted by molar-refractivity contribution is 5.20. The molecule has 0 radical (unpaired) electrons. The van der Waals surface area contributed by atoms with Crippen molar-refractivity contribution in [2.75, 3.05) is 39.4 Å². The van der Waals surface area contributed by atoms with Gasteiger partial charge in [-0.15, -0.1) is 0 Å². The Kier molecular flexibility index (Phi) is 4.91. The Morgan fingerprint density at radius 3 is 3.00 bits per heavy atom. The monoisotopic (exact) mass is 235 g/mol. The summed E-state index contributed by atoms with van der Waals surface area (Å²) in [7, 11) is 0. The Labute approximate surface area is 103 Å². The summed E-state index contributed by atoms with van der Waals surface area (Å²) in [6.07, 6.45) is 3.78. The number of morpholine rings is 1. The van der Waals surface area contributed by atoms with Gasteiger partial charge < -0.3 is 10.1 Å². The van der Waals surface area contributed by atoms with Crippen molar-refractivity contribution in [2.45, 2.75) is 13.5 Å². The number of rotatable bonds is 5. The van der Waals surface area contributed by atoms with Crippen molar-refractivity contribution in [2.24, 2.45) is 0 Å². The molecule has 0 spiro atoms. The number of ether oxygens (including phenoxy) is 1. The molecule has 4 nitrogen and oxygen atoms in total. The van der Waals surface area contributed by atoms with Crippen LogP contribution in [0.25, 0.3) is 0 Å². The second-order valence-electron chi connectivity index (χ2n) is 4.43. The quantitative estimate of drug-likeness (QED) is 0.767. The van der Waals surface area contributed by atoms with Crippen molar-refractivity contribution < 1.29 is 4.74 Å². The highest BCUT2D eigenvalue weighted by Gasteiger charge is 2.08. The first-order valence-electron chi connectivity index (χ1n) is 6.26. The summed E-state index contributed by atoms with van der Waals surface area (Å²) >= 11 is 0. The van der Waals surface area contributed by atoms with Gasteiger partial charge in [-0.25, -0.2) is 0 Å². The van der Waals surface area contributed by atoms with Crippen molar-refractivity contribution in [3.8, 4) is 0 Å². The molecule has 94 valence electrons. The summed E-state index contributed by atoms with van der Waals surface area (Å²) in [5.74, 6) is 0. The van der Waals surface area contributed by atoms with E-state index in [9.17, 15) is 0 Å². The van der Waals surface area contributed by atoms with Crippen molar-refractivity contribution >= 4 is 0 Å². The summed E-state index contributed by atoms with van der Waals surface area (Å²) in [4.78, 5) is 6.58. The molecule has 0 aromatic carbocycles. The average Bonchev–Trinajstić information content (AvgIpc) is 2.38. The van der Waals surface area contributed by atoms with Gasteiger partial charge in [0.25, 0.3) is 0 Å². The van der Waals surface area contributed by atoms with E-state index in [0.29, 0.717) is 0 Å². The molecule has 1 fully saturated rings. The maximum absolute atomic E-state index is 5.32. The number of hydrogen-bond acceptors (Lipinski definition) is 4. The van der Waals surface area contributed by atoms with E-state index < -0.39 is 0 Å². The summed E-state index contributed by atoms with van der Waals surface area (Å²) in [6, 6.07) is 2.05. The van der Waals surface area contributed by atoms with E-state index in [2.05, 4.69) is 28.2 Å². The van der Waals surface area contributed by atoms with Gasteiger partial charge in [0.15, 0.2) is 0 Å². The Bertz CT molecular complexity index is 337. The molecular weight excluding hydrogens is 214 g/mol. The molecular formula is C13H21N3O. The maximum Gasteiger partial charge on any atom is 0.0594 e. The molecule has 1 aliphatic heterocycles. The van der Waals surface area contributed by atoms with E-state index in [0.717, 1.165) is 45.9 Å². The van der Waals surface area contributed by atoms with E-state index in [1.807, 2.05) is 12.4 Å². The van der Waals surface area contributed by atoms with Crippen LogP contribution in [0.2, 0.25) is 0 Å². The van der Waals surface area contributed by atoms with Crippen molar-refractivity contribution in [3.05, 3.63) is 29.6 Å². The Morgan fingerprint density at radius 2 is 2.24 bits per heavy atom. The van der Waals surface area contributed by atoms with Gasteiger partial charge >= 0.3 is 0 Å². The average molecular weight is 235 g/mol. The van der Waals surface area contributed by atoms with Crippen LogP contribution >= 0.6 is 0 Å². The van der Waals surface area contributed by atoms with Crippen LogP contribution in [0, 0.1) is 6.92 Å². The molecule has 0 aliphatic carbocycles. The summed E-state index contributed by atoms with van der Waals surface area (Å²) in [6.45, 7) is 9.03. The van der Waals surface area contributed by atoms with Gasteiger partial charge in [0.1, 0.15) is 0 Å². The lowest BCUT2D eigenvalue weighted by Gasteiger charge is -2.26. The van der Waals surface area contributed by atoms with Gasteiger partial charge in [-0.1, -0.05) is 0 Å². The Hall–Kier alpha value is -0.970. The number of aromatic nitrogens is 1. The molecule has 1 N–H and O–H groups in total. The Morgan fingerprint density at radius 1 is 1.41 bits per heavy atom. The molecule has 1 aromatic heterocycles. The second kappa shape index (κ2) is 6.69. The zero-order valence-electron chi connectivity index (χ0n) is 10.5. The highest BCUT2D eigenvalue weighted by atomic mass is 16.5. The van der Waals surface area contributed by atoms with Crippen LogP contribution in [0.15, 0.2) is 18.5 Å². The SMILES string of the molecule is Cc1ccncc1CNCCN1CCOCC1. The van der Waals surface area contributed by atoms with E-state index in [4.69, 9.17) is 4.74 Å².